The number of carbonyl (C=O) groups is 3. The number of carbonyl (C=O) groups excluding carboxylic acids is 2. The average molecular weight is 511 g/mol. The molecule has 9 nitrogen and oxygen atoms in total. The maximum absolute atomic E-state index is 13.7. The van der Waals surface area contributed by atoms with Crippen molar-refractivity contribution < 1.29 is 24.2 Å². The van der Waals surface area contributed by atoms with Gasteiger partial charge in [0, 0.05) is 52.4 Å². The Hall–Kier alpha value is -3.59. The first-order valence-electron chi connectivity index (χ1n) is 12.5. The SMILES string of the molecule is CN(C)c1ccc(CN2CCN(C(=O)[C@H](Cc3ccccc3)NC(=O)O)C(C(=O)OC(C)(C)C)C2)cc1. The molecule has 2 aromatic carbocycles. The normalized spacial score (nSPS) is 17.1. The molecule has 1 unspecified atom stereocenters. The van der Waals surface area contributed by atoms with Crippen LogP contribution in [0.15, 0.2) is 54.6 Å². The van der Waals surface area contributed by atoms with Crippen LogP contribution < -0.4 is 10.2 Å². The molecular weight excluding hydrogens is 472 g/mol. The van der Waals surface area contributed by atoms with E-state index in [1.807, 2.05) is 61.5 Å². The standard InChI is InChI=1S/C28H38N4O5/c1-28(2,3)37-26(34)24-19-31(18-21-11-13-22(14-12-21)30(4)5)15-16-32(24)25(33)23(29-27(35)36)17-20-9-7-6-8-10-20/h6-14,23-24,29H,15-19H2,1-5H3,(H,35,36)/t23-,24?/m0/s1. The molecule has 0 radical (unpaired) electrons. The lowest BCUT2D eigenvalue weighted by Crippen LogP contribution is -2.62. The predicted octanol–water partition coefficient (Wildman–Crippen LogP) is 2.99. The second kappa shape index (κ2) is 12.1. The van der Waals surface area contributed by atoms with E-state index in [9.17, 15) is 19.5 Å². The molecule has 2 aromatic rings. The minimum atomic E-state index is -1.29. The summed E-state index contributed by atoms with van der Waals surface area (Å²) in [6.45, 7) is 7.10. The molecule has 0 aromatic heterocycles. The molecule has 0 spiro atoms. The molecule has 2 amide bonds. The van der Waals surface area contributed by atoms with Crippen LogP contribution in [0.2, 0.25) is 0 Å². The van der Waals surface area contributed by atoms with Gasteiger partial charge in [0.25, 0.3) is 0 Å². The van der Waals surface area contributed by atoms with Crippen LogP contribution in [0, 0.1) is 0 Å². The lowest BCUT2D eigenvalue weighted by molar-refractivity contribution is -0.168. The van der Waals surface area contributed by atoms with E-state index in [0.29, 0.717) is 19.6 Å². The van der Waals surface area contributed by atoms with Crippen molar-refractivity contribution in [3.8, 4) is 0 Å². The molecule has 0 saturated carbocycles. The van der Waals surface area contributed by atoms with Crippen LogP contribution in [0.1, 0.15) is 31.9 Å². The molecule has 2 atom stereocenters. The second-order valence-corrected chi connectivity index (χ2v) is 10.6. The Morgan fingerprint density at radius 1 is 1.03 bits per heavy atom. The van der Waals surface area contributed by atoms with Gasteiger partial charge in [-0.15, -0.1) is 0 Å². The molecule has 3 rings (SSSR count). The van der Waals surface area contributed by atoms with Gasteiger partial charge in [-0.1, -0.05) is 42.5 Å². The summed E-state index contributed by atoms with van der Waals surface area (Å²) >= 11 is 0. The highest BCUT2D eigenvalue weighted by molar-refractivity contribution is 5.90. The molecule has 0 aliphatic carbocycles. The Morgan fingerprint density at radius 3 is 2.24 bits per heavy atom. The number of esters is 1. The fraction of sp³-hybridized carbons (Fsp3) is 0.464. The van der Waals surface area contributed by atoms with Gasteiger partial charge >= 0.3 is 12.1 Å². The largest absolute Gasteiger partial charge is 0.465 e. The van der Waals surface area contributed by atoms with Crippen molar-refractivity contribution in [1.82, 2.24) is 15.1 Å². The number of anilines is 1. The van der Waals surface area contributed by atoms with Gasteiger partial charge in [0.05, 0.1) is 0 Å². The van der Waals surface area contributed by atoms with Crippen molar-refractivity contribution in [2.45, 2.75) is 51.4 Å². The molecule has 1 saturated heterocycles. The summed E-state index contributed by atoms with van der Waals surface area (Å²) in [7, 11) is 3.97. The Morgan fingerprint density at radius 2 is 1.68 bits per heavy atom. The summed E-state index contributed by atoms with van der Waals surface area (Å²) in [4.78, 5) is 44.1. The van der Waals surface area contributed by atoms with Gasteiger partial charge in [-0.25, -0.2) is 9.59 Å². The molecule has 37 heavy (non-hydrogen) atoms. The fourth-order valence-corrected chi connectivity index (χ4v) is 4.38. The van der Waals surface area contributed by atoms with E-state index in [4.69, 9.17) is 4.74 Å². The smallest absolute Gasteiger partial charge is 0.405 e. The molecular formula is C28H38N4O5. The first-order chi connectivity index (χ1) is 17.4. The number of amides is 2. The van der Waals surface area contributed by atoms with E-state index in [-0.39, 0.29) is 13.0 Å². The quantitative estimate of drug-likeness (QED) is 0.527. The third-order valence-corrected chi connectivity index (χ3v) is 6.16. The van der Waals surface area contributed by atoms with Gasteiger partial charge in [0.15, 0.2) is 0 Å². The number of nitrogens with zero attached hydrogens (tertiary/aromatic N) is 3. The summed E-state index contributed by atoms with van der Waals surface area (Å²) in [5, 5.41) is 11.8. The Bertz CT molecular complexity index is 1070. The second-order valence-electron chi connectivity index (χ2n) is 10.6. The highest BCUT2D eigenvalue weighted by atomic mass is 16.6. The Labute approximate surface area is 219 Å². The number of ether oxygens (including phenoxy) is 1. The molecule has 1 aliphatic rings. The maximum atomic E-state index is 13.7. The van der Waals surface area contributed by atoms with Gasteiger partial charge in [-0.2, -0.15) is 0 Å². The van der Waals surface area contributed by atoms with Crippen LogP contribution in [-0.4, -0.2) is 84.3 Å². The van der Waals surface area contributed by atoms with Gasteiger partial charge in [0.2, 0.25) is 5.91 Å². The Kier molecular flexibility index (Phi) is 9.15. The minimum Gasteiger partial charge on any atom is -0.465 e. The summed E-state index contributed by atoms with van der Waals surface area (Å²) in [5.74, 6) is -0.931. The van der Waals surface area contributed by atoms with E-state index in [2.05, 4.69) is 22.3 Å². The summed E-state index contributed by atoms with van der Waals surface area (Å²) in [6, 6.07) is 15.6. The highest BCUT2D eigenvalue weighted by Gasteiger charge is 2.40. The number of carboxylic acid groups (broad SMARTS) is 1. The van der Waals surface area contributed by atoms with Crippen molar-refractivity contribution in [2.75, 3.05) is 38.6 Å². The average Bonchev–Trinajstić information content (AvgIpc) is 2.83. The van der Waals surface area contributed by atoms with Gasteiger partial charge in [-0.05, 0) is 44.0 Å². The van der Waals surface area contributed by atoms with Gasteiger partial charge in [-0.3, -0.25) is 9.69 Å². The highest BCUT2D eigenvalue weighted by Crippen LogP contribution is 2.21. The fourth-order valence-electron chi connectivity index (χ4n) is 4.38. The van der Waals surface area contributed by atoms with Crippen LogP contribution in [0.3, 0.4) is 0 Å². The monoisotopic (exact) mass is 510 g/mol. The third-order valence-electron chi connectivity index (χ3n) is 6.16. The number of hydrogen-bond acceptors (Lipinski definition) is 6. The first kappa shape index (κ1) is 28.0. The van der Waals surface area contributed by atoms with Crippen molar-refractivity contribution >= 4 is 23.7 Å². The molecule has 9 heteroatoms. The van der Waals surface area contributed by atoms with Crippen molar-refractivity contribution in [3.63, 3.8) is 0 Å². The van der Waals surface area contributed by atoms with Crippen molar-refractivity contribution in [2.24, 2.45) is 0 Å². The molecule has 1 fully saturated rings. The number of rotatable bonds is 8. The van der Waals surface area contributed by atoms with Crippen LogP contribution in [0.4, 0.5) is 10.5 Å². The minimum absolute atomic E-state index is 0.186. The van der Waals surface area contributed by atoms with E-state index in [1.165, 1.54) is 4.90 Å². The Balaban J connectivity index is 1.81. The van der Waals surface area contributed by atoms with E-state index in [0.717, 1.165) is 16.8 Å². The zero-order valence-electron chi connectivity index (χ0n) is 22.3. The number of nitrogens with one attached hydrogen (secondary N) is 1. The zero-order valence-corrected chi connectivity index (χ0v) is 22.3. The summed E-state index contributed by atoms with van der Waals surface area (Å²) in [5.41, 5.74) is 2.30. The molecule has 1 aliphatic heterocycles. The van der Waals surface area contributed by atoms with Crippen LogP contribution in [0.25, 0.3) is 0 Å². The molecule has 0 bridgehead atoms. The van der Waals surface area contributed by atoms with Crippen LogP contribution in [0.5, 0.6) is 0 Å². The molecule has 2 N–H and O–H groups in total. The summed E-state index contributed by atoms with van der Waals surface area (Å²) in [6.07, 6.45) is -1.10. The first-order valence-corrected chi connectivity index (χ1v) is 12.5. The van der Waals surface area contributed by atoms with E-state index in [1.54, 1.807) is 20.8 Å². The van der Waals surface area contributed by atoms with Gasteiger partial charge < -0.3 is 25.0 Å². The lowest BCUT2D eigenvalue weighted by atomic mass is 10.0. The van der Waals surface area contributed by atoms with Crippen molar-refractivity contribution in [1.29, 1.82) is 0 Å². The van der Waals surface area contributed by atoms with Crippen molar-refractivity contribution in [3.05, 3.63) is 65.7 Å². The zero-order chi connectivity index (χ0) is 27.2. The predicted molar refractivity (Wildman–Crippen MR) is 142 cm³/mol. The summed E-state index contributed by atoms with van der Waals surface area (Å²) < 4.78 is 5.68. The number of piperazine rings is 1. The van der Waals surface area contributed by atoms with E-state index < -0.39 is 35.7 Å². The topological polar surface area (TPSA) is 102 Å². The van der Waals surface area contributed by atoms with E-state index >= 15 is 0 Å². The molecule has 1 heterocycles. The van der Waals surface area contributed by atoms with Crippen LogP contribution >= 0.6 is 0 Å². The third kappa shape index (κ3) is 8.21. The van der Waals surface area contributed by atoms with Gasteiger partial charge in [0.1, 0.15) is 17.7 Å². The van der Waals surface area contributed by atoms with Crippen LogP contribution in [-0.2, 0) is 27.3 Å². The number of hydrogen-bond donors (Lipinski definition) is 2. The maximum Gasteiger partial charge on any atom is 0.405 e. The number of benzene rings is 2. The lowest BCUT2D eigenvalue weighted by Gasteiger charge is -2.42. The molecule has 200 valence electrons.